The van der Waals surface area contributed by atoms with Crippen LogP contribution in [-0.4, -0.2) is 16.1 Å². The molecule has 0 atom stereocenters. The van der Waals surface area contributed by atoms with Crippen molar-refractivity contribution in [3.05, 3.63) is 17.5 Å². The van der Waals surface area contributed by atoms with Crippen molar-refractivity contribution in [1.82, 2.24) is 9.78 Å². The number of carbonyl (C=O) groups excluding carboxylic acids is 1. The zero-order valence-corrected chi connectivity index (χ0v) is 7.13. The molecule has 0 aliphatic rings. The van der Waals surface area contributed by atoms with Crippen LogP contribution in [0.5, 0.6) is 0 Å². The van der Waals surface area contributed by atoms with E-state index in [1.807, 2.05) is 7.05 Å². The van der Waals surface area contributed by atoms with Crippen LogP contribution >= 0.6 is 15.9 Å². The first-order valence-electron chi connectivity index (χ1n) is 2.81. The second-order valence-electron chi connectivity index (χ2n) is 1.92. The maximum atomic E-state index is 10.3. The van der Waals surface area contributed by atoms with Gasteiger partial charge in [-0.2, -0.15) is 5.10 Å². The maximum absolute atomic E-state index is 10.3. The molecule has 0 radical (unpaired) electrons. The number of aryl methyl sites for hydroxylation is 1. The number of carbonyl (C=O) groups is 1. The summed E-state index contributed by atoms with van der Waals surface area (Å²) in [5, 5.41) is 4.58. The maximum Gasteiger partial charge on any atom is 0.153 e. The van der Waals surface area contributed by atoms with Gasteiger partial charge >= 0.3 is 0 Å². The van der Waals surface area contributed by atoms with E-state index in [1.54, 1.807) is 10.9 Å². The molecule has 0 aromatic carbocycles. The van der Waals surface area contributed by atoms with Crippen molar-refractivity contribution in [2.45, 2.75) is 5.33 Å². The Hall–Kier alpha value is -0.640. The summed E-state index contributed by atoms with van der Waals surface area (Å²) in [4.78, 5) is 10.3. The molecule has 0 spiro atoms. The minimum Gasteiger partial charge on any atom is -0.298 e. The average Bonchev–Trinajstić information content (AvgIpc) is 2.30. The Bertz CT molecular complexity index is 244. The van der Waals surface area contributed by atoms with Gasteiger partial charge in [0.15, 0.2) is 6.29 Å². The molecule has 1 rings (SSSR count). The first-order chi connectivity index (χ1) is 4.79. The van der Waals surface area contributed by atoms with E-state index >= 15 is 0 Å². The standard InChI is InChI=1S/C6H7BrN2O/c1-9-6(2-7)5(4-10)3-8-9/h3-4H,2H2,1H3. The van der Waals surface area contributed by atoms with Gasteiger partial charge in [0.25, 0.3) is 0 Å². The van der Waals surface area contributed by atoms with E-state index in [9.17, 15) is 4.79 Å². The van der Waals surface area contributed by atoms with Crippen LogP contribution in [0.4, 0.5) is 0 Å². The van der Waals surface area contributed by atoms with E-state index in [1.165, 1.54) is 0 Å². The molecule has 0 unspecified atom stereocenters. The topological polar surface area (TPSA) is 34.9 Å². The van der Waals surface area contributed by atoms with Crippen LogP contribution in [0.3, 0.4) is 0 Å². The first-order valence-corrected chi connectivity index (χ1v) is 3.93. The Kier molecular flexibility index (Phi) is 2.21. The summed E-state index contributed by atoms with van der Waals surface area (Å²) in [7, 11) is 1.81. The lowest BCUT2D eigenvalue weighted by atomic mass is 10.3. The molecule has 0 aliphatic heterocycles. The van der Waals surface area contributed by atoms with Gasteiger partial charge in [0.05, 0.1) is 17.5 Å². The highest BCUT2D eigenvalue weighted by atomic mass is 79.9. The molecule has 0 bridgehead atoms. The number of alkyl halides is 1. The molecular weight excluding hydrogens is 196 g/mol. The Morgan fingerprint density at radius 3 is 3.00 bits per heavy atom. The molecular formula is C6H7BrN2O. The minimum absolute atomic E-state index is 0.652. The van der Waals surface area contributed by atoms with Crippen molar-refractivity contribution < 1.29 is 4.79 Å². The van der Waals surface area contributed by atoms with Gasteiger partial charge < -0.3 is 0 Å². The Morgan fingerprint density at radius 2 is 2.60 bits per heavy atom. The van der Waals surface area contributed by atoms with E-state index in [-0.39, 0.29) is 0 Å². The molecule has 10 heavy (non-hydrogen) atoms. The van der Waals surface area contributed by atoms with Gasteiger partial charge in [-0.15, -0.1) is 0 Å². The fourth-order valence-corrected chi connectivity index (χ4v) is 1.43. The molecule has 0 N–H and O–H groups in total. The number of rotatable bonds is 2. The summed E-state index contributed by atoms with van der Waals surface area (Å²) in [6.45, 7) is 0. The van der Waals surface area contributed by atoms with E-state index in [4.69, 9.17) is 0 Å². The van der Waals surface area contributed by atoms with Crippen molar-refractivity contribution in [2.75, 3.05) is 0 Å². The van der Waals surface area contributed by atoms with Crippen LogP contribution in [0, 0.1) is 0 Å². The molecule has 0 aliphatic carbocycles. The van der Waals surface area contributed by atoms with Crippen LogP contribution in [0.2, 0.25) is 0 Å². The van der Waals surface area contributed by atoms with E-state index in [0.29, 0.717) is 10.9 Å². The highest BCUT2D eigenvalue weighted by molar-refractivity contribution is 9.08. The van der Waals surface area contributed by atoms with Crippen LogP contribution in [0.15, 0.2) is 6.20 Å². The summed E-state index contributed by atoms with van der Waals surface area (Å²) in [5.74, 6) is 0. The molecule has 0 saturated carbocycles. The van der Waals surface area contributed by atoms with E-state index < -0.39 is 0 Å². The third-order valence-electron chi connectivity index (χ3n) is 1.35. The van der Waals surface area contributed by atoms with Crippen molar-refractivity contribution in [3.63, 3.8) is 0 Å². The summed E-state index contributed by atoms with van der Waals surface area (Å²) in [5.41, 5.74) is 1.56. The zero-order chi connectivity index (χ0) is 7.56. The normalized spacial score (nSPS) is 9.80. The van der Waals surface area contributed by atoms with E-state index in [0.717, 1.165) is 12.0 Å². The Morgan fingerprint density at radius 1 is 1.90 bits per heavy atom. The molecule has 0 amide bonds. The summed E-state index contributed by atoms with van der Waals surface area (Å²) < 4.78 is 1.68. The monoisotopic (exact) mass is 202 g/mol. The summed E-state index contributed by atoms with van der Waals surface area (Å²) >= 11 is 3.26. The molecule has 0 saturated heterocycles. The largest absolute Gasteiger partial charge is 0.298 e. The quantitative estimate of drug-likeness (QED) is 0.533. The predicted molar refractivity (Wildman–Crippen MR) is 41.2 cm³/mol. The van der Waals surface area contributed by atoms with Gasteiger partial charge in [-0.1, -0.05) is 15.9 Å². The third kappa shape index (κ3) is 1.11. The molecule has 0 fully saturated rings. The van der Waals surface area contributed by atoms with Gasteiger partial charge in [-0.25, -0.2) is 0 Å². The van der Waals surface area contributed by atoms with Gasteiger partial charge in [-0.05, 0) is 0 Å². The summed E-state index contributed by atoms with van der Waals surface area (Å²) in [6, 6.07) is 0. The van der Waals surface area contributed by atoms with Crippen molar-refractivity contribution in [1.29, 1.82) is 0 Å². The van der Waals surface area contributed by atoms with Crippen molar-refractivity contribution >= 4 is 22.2 Å². The van der Waals surface area contributed by atoms with Crippen LogP contribution in [0.25, 0.3) is 0 Å². The lowest BCUT2D eigenvalue weighted by Gasteiger charge is -1.94. The van der Waals surface area contributed by atoms with Crippen LogP contribution in [0.1, 0.15) is 16.1 Å². The number of hydrogen-bond donors (Lipinski definition) is 0. The lowest BCUT2D eigenvalue weighted by molar-refractivity contribution is 0.112. The molecule has 3 nitrogen and oxygen atoms in total. The summed E-state index contributed by atoms with van der Waals surface area (Å²) in [6.07, 6.45) is 2.37. The fraction of sp³-hybridized carbons (Fsp3) is 0.333. The Balaban J connectivity index is 3.12. The van der Waals surface area contributed by atoms with Crippen LogP contribution in [-0.2, 0) is 12.4 Å². The van der Waals surface area contributed by atoms with Gasteiger partial charge in [0, 0.05) is 12.4 Å². The average molecular weight is 203 g/mol. The SMILES string of the molecule is Cn1ncc(C=O)c1CBr. The molecule has 1 heterocycles. The fourth-order valence-electron chi connectivity index (χ4n) is 0.742. The first kappa shape index (κ1) is 7.47. The van der Waals surface area contributed by atoms with Gasteiger partial charge in [0.1, 0.15) is 0 Å². The number of nitrogens with zero attached hydrogens (tertiary/aromatic N) is 2. The highest BCUT2D eigenvalue weighted by Gasteiger charge is 2.03. The third-order valence-corrected chi connectivity index (χ3v) is 1.88. The predicted octanol–water partition coefficient (Wildman–Crippen LogP) is 1.13. The number of hydrogen-bond acceptors (Lipinski definition) is 2. The zero-order valence-electron chi connectivity index (χ0n) is 5.54. The number of aldehydes is 1. The molecule has 1 aromatic rings. The van der Waals surface area contributed by atoms with Crippen molar-refractivity contribution in [2.24, 2.45) is 7.05 Å². The van der Waals surface area contributed by atoms with Crippen LogP contribution < -0.4 is 0 Å². The highest BCUT2D eigenvalue weighted by Crippen LogP contribution is 2.08. The molecule has 54 valence electrons. The molecule has 4 heteroatoms. The van der Waals surface area contributed by atoms with Crippen molar-refractivity contribution in [3.8, 4) is 0 Å². The van der Waals surface area contributed by atoms with Gasteiger partial charge in [-0.3, -0.25) is 9.48 Å². The minimum atomic E-state index is 0.652. The second-order valence-corrected chi connectivity index (χ2v) is 2.48. The Labute approximate surface area is 67.2 Å². The van der Waals surface area contributed by atoms with E-state index in [2.05, 4.69) is 21.0 Å². The second kappa shape index (κ2) is 2.96. The smallest absolute Gasteiger partial charge is 0.153 e. The number of halogens is 1. The number of aromatic nitrogens is 2. The lowest BCUT2D eigenvalue weighted by Crippen LogP contribution is -1.96. The molecule has 1 aromatic heterocycles. The van der Waals surface area contributed by atoms with Gasteiger partial charge in [0.2, 0.25) is 0 Å².